The van der Waals surface area contributed by atoms with Gasteiger partial charge in [0.05, 0.1) is 58.4 Å². The number of H-pyrrole nitrogens is 1. The summed E-state index contributed by atoms with van der Waals surface area (Å²) >= 11 is 0. The van der Waals surface area contributed by atoms with Gasteiger partial charge < -0.3 is 24.2 Å². The molecule has 19 heteroatoms. The molecule has 8 aromatic rings. The van der Waals surface area contributed by atoms with E-state index in [4.69, 9.17) is 18.7 Å². The van der Waals surface area contributed by atoms with Crippen LogP contribution in [0.25, 0.3) is 45.7 Å². The maximum Gasteiger partial charge on any atom is 0.277 e. The number of nitrogens with one attached hydrogen (secondary N) is 3. The smallest absolute Gasteiger partial charge is 0.277 e. The monoisotopic (exact) mass is 792 g/mol. The molecule has 9 heterocycles. The van der Waals surface area contributed by atoms with Crippen molar-refractivity contribution in [3.05, 3.63) is 110 Å². The Hall–Kier alpha value is -7.54. The van der Waals surface area contributed by atoms with E-state index >= 15 is 0 Å². The van der Waals surface area contributed by atoms with Crippen LogP contribution < -0.4 is 10.6 Å². The molecule has 4 unspecified atom stereocenters. The summed E-state index contributed by atoms with van der Waals surface area (Å²) in [4.78, 5) is 44.2. The molecule has 1 aliphatic carbocycles. The fourth-order valence-electron chi connectivity index (χ4n) is 7.49. The summed E-state index contributed by atoms with van der Waals surface area (Å²) in [5.41, 5.74) is 4.97. The lowest BCUT2D eigenvalue weighted by Gasteiger charge is -2.30. The van der Waals surface area contributed by atoms with Gasteiger partial charge in [-0.1, -0.05) is 12.1 Å². The van der Waals surface area contributed by atoms with E-state index < -0.39 is 11.8 Å². The van der Waals surface area contributed by atoms with Crippen molar-refractivity contribution >= 4 is 23.2 Å². The topological polar surface area (TPSA) is 227 Å². The van der Waals surface area contributed by atoms with Crippen LogP contribution in [0.2, 0.25) is 0 Å². The molecule has 0 radical (unpaired) electrons. The van der Waals surface area contributed by atoms with Gasteiger partial charge in [-0.25, -0.2) is 9.97 Å². The molecule has 2 aliphatic rings. The Morgan fingerprint density at radius 1 is 0.831 bits per heavy atom. The number of ether oxygens (including phenoxy) is 1. The van der Waals surface area contributed by atoms with Crippen molar-refractivity contribution in [1.82, 2.24) is 59.5 Å². The molecule has 0 spiro atoms. The van der Waals surface area contributed by atoms with Gasteiger partial charge in [0.25, 0.3) is 11.8 Å². The Kier molecular flexibility index (Phi) is 9.16. The lowest BCUT2D eigenvalue weighted by atomic mass is 9.99. The second-order valence-electron chi connectivity index (χ2n) is 14.5. The summed E-state index contributed by atoms with van der Waals surface area (Å²) in [7, 11) is 1.78. The minimum absolute atomic E-state index is 0.0385. The summed E-state index contributed by atoms with van der Waals surface area (Å²) in [6.45, 7) is 1.29. The number of rotatable bonds is 12. The number of carbonyl (C=O) groups excluding carboxylic acids is 2. The van der Waals surface area contributed by atoms with Gasteiger partial charge in [-0.15, -0.1) is 0 Å². The quantitative estimate of drug-likeness (QED) is 0.138. The fourth-order valence-corrected chi connectivity index (χ4v) is 7.49. The average molecular weight is 793 g/mol. The molecular weight excluding hydrogens is 757 g/mol. The van der Waals surface area contributed by atoms with Gasteiger partial charge in [-0.3, -0.25) is 38.7 Å². The minimum atomic E-state index is -0.433. The number of amides is 2. The molecule has 0 aromatic carbocycles. The van der Waals surface area contributed by atoms with Gasteiger partial charge in [0.2, 0.25) is 11.8 Å². The number of hydrogen-bond donors (Lipinski definition) is 3. The molecule has 10 rings (SSSR count). The summed E-state index contributed by atoms with van der Waals surface area (Å²) < 4.78 is 23.0. The Labute approximate surface area is 334 Å². The Balaban J connectivity index is 0.777. The standard InChI is InChI=1S/C40H36N14O5/c1-52-19-30(35(50-52)28-6-2-4-9-41-28)46-37(55)33-22-59-40(49-33)25-16-45-53(18-25)17-23-12-27(23)34-13-26(8-11-57-34)54-20-31(36(51-54)29-7-3-5-10-42-29)47-38(56)32-21-58-39(48-32)24-14-43-44-15-24/h2-7,9-10,14-16,18-23,26-27,34H,8,11-13,17H2,1H3,(H,43,44)(H,46,55)(H,47,56). The van der Waals surface area contributed by atoms with Crippen LogP contribution in [0, 0.1) is 11.8 Å². The van der Waals surface area contributed by atoms with Crippen LogP contribution in [0.4, 0.5) is 11.4 Å². The van der Waals surface area contributed by atoms with Gasteiger partial charge >= 0.3 is 0 Å². The number of nitrogens with zero attached hydrogens (tertiary/aromatic N) is 11. The van der Waals surface area contributed by atoms with E-state index in [1.54, 1.807) is 48.9 Å². The van der Waals surface area contributed by atoms with E-state index in [1.807, 2.05) is 58.2 Å². The van der Waals surface area contributed by atoms with Gasteiger partial charge in [0.15, 0.2) is 11.4 Å². The third-order valence-corrected chi connectivity index (χ3v) is 10.5. The number of aromatic nitrogens is 12. The summed E-state index contributed by atoms with van der Waals surface area (Å²) in [5.74, 6) is 0.442. The summed E-state index contributed by atoms with van der Waals surface area (Å²) in [5, 5.41) is 26.5. The van der Waals surface area contributed by atoms with Crippen molar-refractivity contribution in [2.45, 2.75) is 38.0 Å². The van der Waals surface area contributed by atoms with Crippen molar-refractivity contribution < 1.29 is 23.2 Å². The molecule has 3 N–H and O–H groups in total. The third-order valence-electron chi connectivity index (χ3n) is 10.5. The number of pyridine rings is 2. The van der Waals surface area contributed by atoms with Crippen molar-refractivity contribution in [1.29, 1.82) is 0 Å². The number of aromatic amines is 1. The number of oxazole rings is 2. The van der Waals surface area contributed by atoms with Crippen LogP contribution in [0.15, 0.2) is 107 Å². The normalized spacial score (nSPS) is 18.8. The SMILES string of the molecule is Cn1cc(NC(=O)c2coc(-c3cnn(CC4CC4C4CC(n5cc(NC(=O)c6coc(-c7cn[nH]c7)n6)c(-c6ccccn6)n5)CCO4)c3)n2)c(-c2ccccn2)n1. The van der Waals surface area contributed by atoms with Crippen molar-refractivity contribution in [2.24, 2.45) is 18.9 Å². The zero-order chi connectivity index (χ0) is 39.9. The molecule has 2 amide bonds. The van der Waals surface area contributed by atoms with Gasteiger partial charge in [0.1, 0.15) is 23.9 Å². The largest absolute Gasteiger partial charge is 0.444 e. The third kappa shape index (κ3) is 7.41. The first-order valence-electron chi connectivity index (χ1n) is 19.0. The highest BCUT2D eigenvalue weighted by atomic mass is 16.5. The molecule has 0 bridgehead atoms. The van der Waals surface area contributed by atoms with Crippen molar-refractivity contribution in [2.75, 3.05) is 17.2 Å². The zero-order valence-electron chi connectivity index (χ0n) is 31.5. The lowest BCUT2D eigenvalue weighted by Crippen LogP contribution is -2.30. The van der Waals surface area contributed by atoms with E-state index in [9.17, 15) is 9.59 Å². The Morgan fingerprint density at radius 2 is 1.53 bits per heavy atom. The van der Waals surface area contributed by atoms with E-state index in [2.05, 4.69) is 51.0 Å². The van der Waals surface area contributed by atoms with E-state index in [0.29, 0.717) is 76.2 Å². The predicted octanol–water partition coefficient (Wildman–Crippen LogP) is 5.53. The second-order valence-corrected chi connectivity index (χ2v) is 14.5. The predicted molar refractivity (Wildman–Crippen MR) is 209 cm³/mol. The van der Waals surface area contributed by atoms with Crippen LogP contribution in [0.5, 0.6) is 0 Å². The number of anilines is 2. The van der Waals surface area contributed by atoms with Gasteiger partial charge in [-0.05, 0) is 55.4 Å². The van der Waals surface area contributed by atoms with Gasteiger partial charge in [-0.2, -0.15) is 20.4 Å². The number of hydrogen-bond acceptors (Lipinski definition) is 13. The molecule has 2 fully saturated rings. The van der Waals surface area contributed by atoms with E-state index in [-0.39, 0.29) is 29.4 Å². The molecule has 1 aliphatic heterocycles. The summed E-state index contributed by atoms with van der Waals surface area (Å²) in [6.07, 6.45) is 18.9. The zero-order valence-corrected chi connectivity index (χ0v) is 31.5. The maximum atomic E-state index is 13.4. The molecule has 1 saturated carbocycles. The minimum Gasteiger partial charge on any atom is -0.444 e. The van der Waals surface area contributed by atoms with Crippen LogP contribution in [-0.2, 0) is 18.3 Å². The molecular formula is C40H36N14O5. The van der Waals surface area contributed by atoms with E-state index in [1.165, 1.54) is 12.5 Å². The highest BCUT2D eigenvalue weighted by Gasteiger charge is 2.46. The first kappa shape index (κ1) is 35.8. The van der Waals surface area contributed by atoms with Crippen LogP contribution >= 0.6 is 0 Å². The average Bonchev–Trinajstić information content (AvgIpc) is 4.02. The van der Waals surface area contributed by atoms with Gasteiger partial charge in [0, 0.05) is 57.4 Å². The fraction of sp³-hybridized carbons (Fsp3) is 0.250. The molecule has 8 aromatic heterocycles. The summed E-state index contributed by atoms with van der Waals surface area (Å²) in [6, 6.07) is 11.1. The molecule has 1 saturated heterocycles. The molecule has 19 nitrogen and oxygen atoms in total. The van der Waals surface area contributed by atoms with Crippen molar-refractivity contribution in [3.8, 4) is 45.7 Å². The van der Waals surface area contributed by atoms with Crippen molar-refractivity contribution in [3.63, 3.8) is 0 Å². The Morgan fingerprint density at radius 3 is 2.20 bits per heavy atom. The van der Waals surface area contributed by atoms with Crippen LogP contribution in [0.3, 0.4) is 0 Å². The second kappa shape index (κ2) is 15.1. The van der Waals surface area contributed by atoms with Crippen LogP contribution in [0.1, 0.15) is 46.3 Å². The molecule has 59 heavy (non-hydrogen) atoms. The van der Waals surface area contributed by atoms with Crippen LogP contribution in [-0.4, -0.2) is 84.0 Å². The van der Waals surface area contributed by atoms with E-state index in [0.717, 1.165) is 19.3 Å². The lowest BCUT2D eigenvalue weighted by molar-refractivity contribution is -0.0234. The molecule has 296 valence electrons. The maximum absolute atomic E-state index is 13.4. The molecule has 4 atom stereocenters. The number of carbonyl (C=O) groups is 2. The highest BCUT2D eigenvalue weighted by molar-refractivity contribution is 6.05. The first-order valence-corrected chi connectivity index (χ1v) is 19.0. The Bertz CT molecular complexity index is 2730. The number of aryl methyl sites for hydroxylation is 1. The highest BCUT2D eigenvalue weighted by Crippen LogP contribution is 2.47. The first-order chi connectivity index (χ1) is 28.9.